The maximum Gasteiger partial charge on any atom is 0.347 e. The van der Waals surface area contributed by atoms with Gasteiger partial charge in [0.05, 0.1) is 11.6 Å². The van der Waals surface area contributed by atoms with Gasteiger partial charge in [0, 0.05) is 5.69 Å². The molecule has 0 fully saturated rings. The topological polar surface area (TPSA) is 88.4 Å². The molecular formula is C21H22N2O4. The number of rotatable bonds is 6. The van der Waals surface area contributed by atoms with Crippen LogP contribution in [0.1, 0.15) is 30.5 Å². The van der Waals surface area contributed by atoms with Crippen LogP contribution in [0.3, 0.4) is 0 Å². The van der Waals surface area contributed by atoms with E-state index < -0.39 is 24.1 Å². The number of anilines is 1. The Balaban J connectivity index is 1.91. The monoisotopic (exact) mass is 366 g/mol. The highest BCUT2D eigenvalue weighted by Gasteiger charge is 2.23. The van der Waals surface area contributed by atoms with Crippen molar-refractivity contribution in [1.82, 2.24) is 0 Å². The van der Waals surface area contributed by atoms with E-state index in [0.29, 0.717) is 17.0 Å². The van der Waals surface area contributed by atoms with Crippen LogP contribution in [0.2, 0.25) is 0 Å². The van der Waals surface area contributed by atoms with Crippen LogP contribution in [0, 0.1) is 25.2 Å². The van der Waals surface area contributed by atoms with E-state index in [4.69, 9.17) is 14.7 Å². The van der Waals surface area contributed by atoms with Crippen molar-refractivity contribution >= 4 is 17.6 Å². The van der Waals surface area contributed by atoms with Crippen molar-refractivity contribution in [1.29, 1.82) is 5.26 Å². The second kappa shape index (κ2) is 8.86. The van der Waals surface area contributed by atoms with Gasteiger partial charge in [-0.3, -0.25) is 4.79 Å². The molecule has 0 saturated heterocycles. The fourth-order valence-electron chi connectivity index (χ4n) is 2.37. The Morgan fingerprint density at radius 3 is 2.30 bits per heavy atom. The summed E-state index contributed by atoms with van der Waals surface area (Å²) in [4.78, 5) is 24.4. The van der Waals surface area contributed by atoms with Gasteiger partial charge in [-0.15, -0.1) is 0 Å². The molecule has 6 heteroatoms. The standard InChI is InChI=1S/C21H22N2O4/c1-13-5-10-19(14(2)11-13)23-20(24)15(3)27-21(25)16(4)26-18-8-6-17(12-22)7-9-18/h5-11,15-16H,1-4H3,(H,23,24)/t15-,16-/m0/s1. The largest absolute Gasteiger partial charge is 0.479 e. The molecule has 0 aliphatic rings. The molecule has 1 amide bonds. The number of nitrogens with zero attached hydrogens (tertiary/aromatic N) is 1. The number of ether oxygens (including phenoxy) is 2. The van der Waals surface area contributed by atoms with Crippen LogP contribution in [0.4, 0.5) is 5.69 Å². The van der Waals surface area contributed by atoms with Gasteiger partial charge in [0.25, 0.3) is 5.91 Å². The molecule has 1 N–H and O–H groups in total. The van der Waals surface area contributed by atoms with Crippen LogP contribution in [0.5, 0.6) is 5.75 Å². The van der Waals surface area contributed by atoms with E-state index in [9.17, 15) is 9.59 Å². The zero-order valence-corrected chi connectivity index (χ0v) is 15.8. The lowest BCUT2D eigenvalue weighted by Crippen LogP contribution is -2.35. The minimum absolute atomic E-state index is 0.416. The summed E-state index contributed by atoms with van der Waals surface area (Å²) in [7, 11) is 0. The van der Waals surface area contributed by atoms with Gasteiger partial charge in [-0.05, 0) is 63.6 Å². The van der Waals surface area contributed by atoms with Crippen molar-refractivity contribution < 1.29 is 19.1 Å². The number of carbonyl (C=O) groups excluding carboxylic acids is 2. The Bertz CT molecular complexity index is 869. The van der Waals surface area contributed by atoms with E-state index >= 15 is 0 Å². The quantitative estimate of drug-likeness (QED) is 0.790. The second-order valence-electron chi connectivity index (χ2n) is 6.28. The molecule has 2 atom stereocenters. The Labute approximate surface area is 158 Å². The summed E-state index contributed by atoms with van der Waals surface area (Å²) < 4.78 is 10.7. The molecule has 0 bridgehead atoms. The summed E-state index contributed by atoms with van der Waals surface area (Å²) in [5, 5.41) is 11.5. The third-order valence-electron chi connectivity index (χ3n) is 3.93. The average Bonchev–Trinajstić information content (AvgIpc) is 2.64. The Morgan fingerprint density at radius 1 is 1.04 bits per heavy atom. The average molecular weight is 366 g/mol. The molecule has 2 rings (SSSR count). The lowest BCUT2D eigenvalue weighted by atomic mass is 10.1. The number of nitriles is 1. The number of benzene rings is 2. The number of nitrogens with one attached hydrogen (secondary N) is 1. The first kappa shape index (κ1) is 20.0. The zero-order valence-electron chi connectivity index (χ0n) is 15.8. The van der Waals surface area contributed by atoms with Crippen molar-refractivity contribution in [2.45, 2.75) is 39.9 Å². The molecule has 0 spiro atoms. The van der Waals surface area contributed by atoms with E-state index in [1.807, 2.05) is 38.1 Å². The smallest absolute Gasteiger partial charge is 0.347 e. The van der Waals surface area contributed by atoms with Gasteiger partial charge in [0.1, 0.15) is 5.75 Å². The van der Waals surface area contributed by atoms with Crippen LogP contribution >= 0.6 is 0 Å². The molecule has 0 saturated carbocycles. The van der Waals surface area contributed by atoms with Crippen molar-refractivity contribution in [2.75, 3.05) is 5.32 Å². The molecule has 27 heavy (non-hydrogen) atoms. The van der Waals surface area contributed by atoms with E-state index in [1.165, 1.54) is 13.8 Å². The first-order chi connectivity index (χ1) is 12.8. The third-order valence-corrected chi connectivity index (χ3v) is 3.93. The Hall–Kier alpha value is -3.33. The van der Waals surface area contributed by atoms with Crippen molar-refractivity contribution in [2.24, 2.45) is 0 Å². The summed E-state index contributed by atoms with van der Waals surface area (Å²) in [6.45, 7) is 6.91. The molecule has 6 nitrogen and oxygen atoms in total. The molecule has 0 aromatic heterocycles. The summed E-state index contributed by atoms with van der Waals surface area (Å²) in [6.07, 6.45) is -1.86. The van der Waals surface area contributed by atoms with Crippen LogP contribution < -0.4 is 10.1 Å². The first-order valence-electron chi connectivity index (χ1n) is 8.55. The second-order valence-corrected chi connectivity index (χ2v) is 6.28. The highest BCUT2D eigenvalue weighted by atomic mass is 16.6. The molecule has 0 unspecified atom stereocenters. The van der Waals surface area contributed by atoms with Crippen molar-refractivity contribution in [3.63, 3.8) is 0 Å². The molecule has 0 aliphatic carbocycles. The summed E-state index contributed by atoms with van der Waals surface area (Å²) in [5.41, 5.74) is 3.20. The SMILES string of the molecule is Cc1ccc(NC(=O)[C@H](C)OC(=O)[C@H](C)Oc2ccc(C#N)cc2)c(C)c1. The van der Waals surface area contributed by atoms with E-state index in [2.05, 4.69) is 5.32 Å². The lowest BCUT2D eigenvalue weighted by Gasteiger charge is -2.18. The summed E-state index contributed by atoms with van der Waals surface area (Å²) in [5.74, 6) is -0.630. The van der Waals surface area contributed by atoms with Crippen LogP contribution in [0.25, 0.3) is 0 Å². The number of hydrogen-bond acceptors (Lipinski definition) is 5. The molecule has 2 aromatic rings. The molecule has 2 aromatic carbocycles. The Kier molecular flexibility index (Phi) is 6.56. The van der Waals surface area contributed by atoms with E-state index in [-0.39, 0.29) is 0 Å². The third kappa shape index (κ3) is 5.58. The molecule has 0 aliphatic heterocycles. The van der Waals surface area contributed by atoms with E-state index in [1.54, 1.807) is 24.3 Å². The van der Waals surface area contributed by atoms with Gasteiger partial charge in [-0.25, -0.2) is 4.79 Å². The maximum atomic E-state index is 12.3. The Morgan fingerprint density at radius 2 is 1.70 bits per heavy atom. The minimum Gasteiger partial charge on any atom is -0.479 e. The lowest BCUT2D eigenvalue weighted by molar-refractivity contribution is -0.159. The van der Waals surface area contributed by atoms with E-state index in [0.717, 1.165) is 11.1 Å². The first-order valence-corrected chi connectivity index (χ1v) is 8.55. The zero-order chi connectivity index (χ0) is 20.0. The maximum absolute atomic E-state index is 12.3. The van der Waals surface area contributed by atoms with Crippen LogP contribution in [0.15, 0.2) is 42.5 Å². The summed E-state index contributed by atoms with van der Waals surface area (Å²) >= 11 is 0. The number of aryl methyl sites for hydroxylation is 2. The van der Waals surface area contributed by atoms with Gasteiger partial charge in [0.2, 0.25) is 0 Å². The molecular weight excluding hydrogens is 344 g/mol. The summed E-state index contributed by atoms with van der Waals surface area (Å²) in [6, 6.07) is 14.0. The molecule has 140 valence electrons. The van der Waals surface area contributed by atoms with Gasteiger partial charge < -0.3 is 14.8 Å². The highest BCUT2D eigenvalue weighted by Crippen LogP contribution is 2.17. The van der Waals surface area contributed by atoms with Gasteiger partial charge in [0.15, 0.2) is 12.2 Å². The fourth-order valence-corrected chi connectivity index (χ4v) is 2.37. The van der Waals surface area contributed by atoms with Crippen LogP contribution in [-0.2, 0) is 14.3 Å². The number of carbonyl (C=O) groups is 2. The number of amides is 1. The van der Waals surface area contributed by atoms with Gasteiger partial charge in [-0.1, -0.05) is 17.7 Å². The predicted molar refractivity (Wildman–Crippen MR) is 101 cm³/mol. The number of esters is 1. The molecule has 0 radical (unpaired) electrons. The molecule has 0 heterocycles. The number of hydrogen-bond donors (Lipinski definition) is 1. The van der Waals surface area contributed by atoms with Crippen molar-refractivity contribution in [3.05, 3.63) is 59.2 Å². The van der Waals surface area contributed by atoms with Crippen molar-refractivity contribution in [3.8, 4) is 11.8 Å². The van der Waals surface area contributed by atoms with Gasteiger partial charge in [-0.2, -0.15) is 5.26 Å². The predicted octanol–water partition coefficient (Wildman–Crippen LogP) is 3.51. The highest BCUT2D eigenvalue weighted by molar-refractivity contribution is 5.95. The fraction of sp³-hybridized carbons (Fsp3) is 0.286. The van der Waals surface area contributed by atoms with Crippen LogP contribution in [-0.4, -0.2) is 24.1 Å². The normalized spacial score (nSPS) is 12.4. The van der Waals surface area contributed by atoms with Gasteiger partial charge >= 0.3 is 5.97 Å². The minimum atomic E-state index is -0.967.